The van der Waals surface area contributed by atoms with Gasteiger partial charge in [0.2, 0.25) is 0 Å². The molecule has 0 saturated heterocycles. The molecule has 1 aliphatic heterocycles. The fourth-order valence-electron chi connectivity index (χ4n) is 2.93. The summed E-state index contributed by atoms with van der Waals surface area (Å²) in [5, 5.41) is 2.96. The Hall–Kier alpha value is -1.95. The smallest absolute Gasteiger partial charge is 0.272 e. The van der Waals surface area contributed by atoms with Gasteiger partial charge in [-0.05, 0) is 48.8 Å². The summed E-state index contributed by atoms with van der Waals surface area (Å²) in [5.41, 5.74) is 2.35. The standard InChI is InChI=1S/C18H21BrN2O3/c1-4-21-10-13(19)8-15(21)18(22)20-14-9-16-12(6-11(3)24-16)7-17(14)23-5-2/h7-11H,4-6H2,1-3H3,(H,20,22). The van der Waals surface area contributed by atoms with Crippen molar-refractivity contribution in [2.45, 2.75) is 39.8 Å². The molecule has 1 amide bonds. The number of rotatable bonds is 5. The van der Waals surface area contributed by atoms with Gasteiger partial charge in [0.1, 0.15) is 23.3 Å². The summed E-state index contributed by atoms with van der Waals surface area (Å²) in [7, 11) is 0. The van der Waals surface area contributed by atoms with E-state index in [0.29, 0.717) is 23.7 Å². The lowest BCUT2D eigenvalue weighted by Crippen LogP contribution is -2.17. The van der Waals surface area contributed by atoms with Crippen molar-refractivity contribution in [1.82, 2.24) is 4.57 Å². The van der Waals surface area contributed by atoms with E-state index < -0.39 is 0 Å². The van der Waals surface area contributed by atoms with Gasteiger partial charge in [0.25, 0.3) is 5.91 Å². The maximum Gasteiger partial charge on any atom is 0.272 e. The molecule has 0 radical (unpaired) electrons. The van der Waals surface area contributed by atoms with Crippen LogP contribution in [0.5, 0.6) is 11.5 Å². The lowest BCUT2D eigenvalue weighted by molar-refractivity contribution is 0.101. The lowest BCUT2D eigenvalue weighted by Gasteiger charge is -2.14. The number of fused-ring (bicyclic) bond motifs is 1. The Bertz CT molecular complexity index is 770. The number of carbonyl (C=O) groups is 1. The van der Waals surface area contributed by atoms with Crippen molar-refractivity contribution in [3.05, 3.63) is 40.1 Å². The third-order valence-electron chi connectivity index (χ3n) is 3.98. The minimum atomic E-state index is -0.172. The van der Waals surface area contributed by atoms with E-state index in [9.17, 15) is 4.79 Å². The van der Waals surface area contributed by atoms with Gasteiger partial charge in [-0.3, -0.25) is 4.79 Å². The van der Waals surface area contributed by atoms with E-state index >= 15 is 0 Å². The highest BCUT2D eigenvalue weighted by Crippen LogP contribution is 2.38. The second-order valence-electron chi connectivity index (χ2n) is 5.81. The van der Waals surface area contributed by atoms with E-state index in [-0.39, 0.29) is 12.0 Å². The largest absolute Gasteiger partial charge is 0.492 e. The predicted octanol–water partition coefficient (Wildman–Crippen LogP) is 4.24. The molecule has 0 bridgehead atoms. The summed E-state index contributed by atoms with van der Waals surface area (Å²) in [6.45, 7) is 7.22. The van der Waals surface area contributed by atoms with Crippen LogP contribution in [0.25, 0.3) is 0 Å². The number of ether oxygens (including phenoxy) is 2. The first-order valence-electron chi connectivity index (χ1n) is 8.15. The average Bonchev–Trinajstić information content (AvgIpc) is 3.09. The van der Waals surface area contributed by atoms with Crippen LogP contribution in [0.3, 0.4) is 0 Å². The highest BCUT2D eigenvalue weighted by atomic mass is 79.9. The Labute approximate surface area is 150 Å². The van der Waals surface area contributed by atoms with Gasteiger partial charge in [-0.2, -0.15) is 0 Å². The van der Waals surface area contributed by atoms with Crippen molar-refractivity contribution in [3.63, 3.8) is 0 Å². The summed E-state index contributed by atoms with van der Waals surface area (Å²) in [5.74, 6) is 1.32. The molecule has 1 N–H and O–H groups in total. The molecule has 0 saturated carbocycles. The molecular formula is C18H21BrN2O3. The molecule has 1 aromatic heterocycles. The molecule has 0 spiro atoms. The highest BCUT2D eigenvalue weighted by Gasteiger charge is 2.23. The molecule has 24 heavy (non-hydrogen) atoms. The number of nitrogens with one attached hydrogen (secondary N) is 1. The van der Waals surface area contributed by atoms with E-state index in [2.05, 4.69) is 21.2 Å². The minimum Gasteiger partial charge on any atom is -0.492 e. The van der Waals surface area contributed by atoms with Crippen LogP contribution in [0.1, 0.15) is 36.8 Å². The van der Waals surface area contributed by atoms with Gasteiger partial charge < -0.3 is 19.4 Å². The van der Waals surface area contributed by atoms with Gasteiger partial charge in [-0.15, -0.1) is 0 Å². The Kier molecular flexibility index (Phi) is 4.85. The Balaban J connectivity index is 1.91. The second kappa shape index (κ2) is 6.89. The molecular weight excluding hydrogens is 372 g/mol. The van der Waals surface area contributed by atoms with Crippen LogP contribution >= 0.6 is 15.9 Å². The lowest BCUT2D eigenvalue weighted by atomic mass is 10.1. The summed E-state index contributed by atoms with van der Waals surface area (Å²) < 4.78 is 14.3. The van der Waals surface area contributed by atoms with Gasteiger partial charge in [0, 0.05) is 35.3 Å². The third-order valence-corrected chi connectivity index (χ3v) is 4.42. The quantitative estimate of drug-likeness (QED) is 0.827. The molecule has 2 aromatic rings. The highest BCUT2D eigenvalue weighted by molar-refractivity contribution is 9.10. The second-order valence-corrected chi connectivity index (χ2v) is 6.72. The maximum atomic E-state index is 12.7. The fourth-order valence-corrected chi connectivity index (χ4v) is 3.39. The molecule has 3 rings (SSSR count). The Morgan fingerprint density at radius 1 is 1.42 bits per heavy atom. The number of benzene rings is 1. The number of aryl methyl sites for hydroxylation is 1. The number of hydrogen-bond acceptors (Lipinski definition) is 3. The van der Waals surface area contributed by atoms with Gasteiger partial charge in [0.15, 0.2) is 0 Å². The molecule has 128 valence electrons. The molecule has 1 unspecified atom stereocenters. The number of anilines is 1. The van der Waals surface area contributed by atoms with Crippen molar-refractivity contribution in [1.29, 1.82) is 0 Å². The summed E-state index contributed by atoms with van der Waals surface area (Å²) in [4.78, 5) is 12.7. The molecule has 0 aliphatic carbocycles. The van der Waals surface area contributed by atoms with Crippen LogP contribution in [0.15, 0.2) is 28.9 Å². The van der Waals surface area contributed by atoms with Crippen molar-refractivity contribution in [3.8, 4) is 11.5 Å². The van der Waals surface area contributed by atoms with E-state index in [1.54, 1.807) is 0 Å². The zero-order valence-electron chi connectivity index (χ0n) is 14.1. The number of halogens is 1. The fraction of sp³-hybridized carbons (Fsp3) is 0.389. The van der Waals surface area contributed by atoms with Crippen LogP contribution < -0.4 is 14.8 Å². The third kappa shape index (κ3) is 3.29. The first-order chi connectivity index (χ1) is 11.5. The van der Waals surface area contributed by atoms with Gasteiger partial charge in [0.05, 0.1) is 12.3 Å². The maximum absolute atomic E-state index is 12.7. The first kappa shape index (κ1) is 16.9. The van der Waals surface area contributed by atoms with Gasteiger partial charge in [-0.25, -0.2) is 0 Å². The minimum absolute atomic E-state index is 0.147. The number of aromatic nitrogens is 1. The number of nitrogens with zero attached hydrogens (tertiary/aromatic N) is 1. The Morgan fingerprint density at radius 2 is 2.21 bits per heavy atom. The van der Waals surface area contributed by atoms with E-state index in [4.69, 9.17) is 9.47 Å². The number of carbonyl (C=O) groups excluding carboxylic acids is 1. The Morgan fingerprint density at radius 3 is 2.92 bits per heavy atom. The molecule has 2 heterocycles. The van der Waals surface area contributed by atoms with Crippen LogP contribution in [-0.2, 0) is 13.0 Å². The number of amides is 1. The van der Waals surface area contributed by atoms with Crippen LogP contribution in [0.4, 0.5) is 5.69 Å². The van der Waals surface area contributed by atoms with E-state index in [1.165, 1.54) is 0 Å². The van der Waals surface area contributed by atoms with E-state index in [0.717, 1.165) is 28.8 Å². The zero-order valence-corrected chi connectivity index (χ0v) is 15.6. The van der Waals surface area contributed by atoms with Crippen molar-refractivity contribution in [2.75, 3.05) is 11.9 Å². The molecule has 6 heteroatoms. The summed E-state index contributed by atoms with van der Waals surface area (Å²) >= 11 is 3.42. The van der Waals surface area contributed by atoms with E-state index in [1.807, 2.05) is 49.7 Å². The molecule has 1 aromatic carbocycles. The molecule has 5 nitrogen and oxygen atoms in total. The van der Waals surface area contributed by atoms with Crippen LogP contribution in [0.2, 0.25) is 0 Å². The van der Waals surface area contributed by atoms with Gasteiger partial charge >= 0.3 is 0 Å². The molecule has 0 fully saturated rings. The number of hydrogen-bond donors (Lipinski definition) is 1. The predicted molar refractivity (Wildman–Crippen MR) is 97.2 cm³/mol. The van der Waals surface area contributed by atoms with Crippen molar-refractivity contribution < 1.29 is 14.3 Å². The monoisotopic (exact) mass is 392 g/mol. The molecule has 1 atom stereocenters. The van der Waals surface area contributed by atoms with Gasteiger partial charge in [-0.1, -0.05) is 0 Å². The zero-order chi connectivity index (χ0) is 17.3. The normalized spacial score (nSPS) is 15.8. The first-order valence-corrected chi connectivity index (χ1v) is 8.94. The molecule has 1 aliphatic rings. The topological polar surface area (TPSA) is 52.5 Å². The van der Waals surface area contributed by atoms with Crippen molar-refractivity contribution >= 4 is 27.5 Å². The summed E-state index contributed by atoms with van der Waals surface area (Å²) in [6, 6.07) is 5.63. The van der Waals surface area contributed by atoms with Crippen LogP contribution in [0, 0.1) is 0 Å². The average molecular weight is 393 g/mol. The van der Waals surface area contributed by atoms with Crippen LogP contribution in [-0.4, -0.2) is 23.2 Å². The SMILES string of the molecule is CCOc1cc2c(cc1NC(=O)c1cc(Br)cn1CC)OC(C)C2. The summed E-state index contributed by atoms with van der Waals surface area (Å²) in [6.07, 6.45) is 2.90. The van der Waals surface area contributed by atoms with Crippen molar-refractivity contribution in [2.24, 2.45) is 0 Å².